The predicted molar refractivity (Wildman–Crippen MR) is 85.8 cm³/mol. The third-order valence-electron chi connectivity index (χ3n) is 3.20. The number of para-hydroxylation sites is 1. The number of benzene rings is 2. The average Bonchev–Trinajstić information content (AvgIpc) is 3.01. The van der Waals surface area contributed by atoms with Crippen molar-refractivity contribution in [3.63, 3.8) is 0 Å². The average molecular weight is 330 g/mol. The number of hydrogen-bond donors (Lipinski definition) is 0. The summed E-state index contributed by atoms with van der Waals surface area (Å²) >= 11 is 1.30. The van der Waals surface area contributed by atoms with E-state index in [2.05, 4.69) is 10.2 Å². The molecular weight excluding hydrogens is 315 g/mol. The maximum Gasteiger partial charge on any atom is 0.277 e. The first kappa shape index (κ1) is 15.6. The van der Waals surface area contributed by atoms with Gasteiger partial charge in [0.2, 0.25) is 0 Å². The van der Waals surface area contributed by atoms with E-state index in [1.165, 1.54) is 17.8 Å². The summed E-state index contributed by atoms with van der Waals surface area (Å²) in [6.45, 7) is 2.18. The molecule has 0 amide bonds. The minimum Gasteiger partial charge on any atom is -0.484 e. The monoisotopic (exact) mass is 330 g/mol. The predicted octanol–water partition coefficient (Wildman–Crippen LogP) is 4.39. The maximum atomic E-state index is 13.5. The summed E-state index contributed by atoms with van der Waals surface area (Å²) in [5.74, 6) is 1.38. The van der Waals surface area contributed by atoms with Crippen LogP contribution in [0.1, 0.15) is 17.0 Å². The molecule has 6 heteroatoms. The summed E-state index contributed by atoms with van der Waals surface area (Å²) in [5.41, 5.74) is 1.65. The van der Waals surface area contributed by atoms with Crippen molar-refractivity contribution in [2.24, 2.45) is 0 Å². The zero-order chi connectivity index (χ0) is 16.1. The Morgan fingerprint density at radius 2 is 1.87 bits per heavy atom. The smallest absolute Gasteiger partial charge is 0.277 e. The van der Waals surface area contributed by atoms with E-state index in [4.69, 9.17) is 9.15 Å². The molecule has 0 aliphatic rings. The SMILES string of the molecule is Cc1ccccc1OCc1nnc(SCc2ccccc2F)o1. The summed E-state index contributed by atoms with van der Waals surface area (Å²) in [4.78, 5) is 0. The van der Waals surface area contributed by atoms with Crippen LogP contribution < -0.4 is 4.74 Å². The van der Waals surface area contributed by atoms with E-state index in [1.807, 2.05) is 31.2 Å². The van der Waals surface area contributed by atoms with Gasteiger partial charge < -0.3 is 9.15 Å². The first-order valence-corrected chi connectivity index (χ1v) is 8.08. The van der Waals surface area contributed by atoms with Crippen molar-refractivity contribution in [2.75, 3.05) is 0 Å². The largest absolute Gasteiger partial charge is 0.484 e. The van der Waals surface area contributed by atoms with Crippen LogP contribution in [0.5, 0.6) is 5.75 Å². The molecule has 0 N–H and O–H groups in total. The van der Waals surface area contributed by atoms with Crippen molar-refractivity contribution >= 4 is 11.8 Å². The third kappa shape index (κ3) is 4.10. The normalized spacial score (nSPS) is 10.7. The fourth-order valence-electron chi connectivity index (χ4n) is 1.97. The second kappa shape index (κ2) is 7.28. The second-order valence-corrected chi connectivity index (χ2v) is 5.82. The highest BCUT2D eigenvalue weighted by molar-refractivity contribution is 7.98. The van der Waals surface area contributed by atoms with Crippen molar-refractivity contribution in [1.82, 2.24) is 10.2 Å². The van der Waals surface area contributed by atoms with E-state index in [0.717, 1.165) is 11.3 Å². The molecule has 2 aromatic carbocycles. The van der Waals surface area contributed by atoms with E-state index >= 15 is 0 Å². The summed E-state index contributed by atoms with van der Waals surface area (Å²) < 4.78 is 24.7. The van der Waals surface area contributed by atoms with Crippen molar-refractivity contribution < 1.29 is 13.5 Å². The van der Waals surface area contributed by atoms with Gasteiger partial charge in [0.1, 0.15) is 11.6 Å². The highest BCUT2D eigenvalue weighted by Crippen LogP contribution is 2.23. The number of nitrogens with zero attached hydrogens (tertiary/aromatic N) is 2. The summed E-state index contributed by atoms with van der Waals surface area (Å²) in [5, 5.41) is 8.28. The van der Waals surface area contributed by atoms with E-state index < -0.39 is 0 Å². The lowest BCUT2D eigenvalue weighted by Crippen LogP contribution is -1.97. The number of halogens is 1. The van der Waals surface area contributed by atoms with Crippen molar-refractivity contribution in [3.05, 3.63) is 71.4 Å². The van der Waals surface area contributed by atoms with Crippen LogP contribution in [0, 0.1) is 12.7 Å². The highest BCUT2D eigenvalue weighted by atomic mass is 32.2. The number of rotatable bonds is 6. The fourth-order valence-corrected chi connectivity index (χ4v) is 2.73. The van der Waals surface area contributed by atoms with Gasteiger partial charge in [0.05, 0.1) is 0 Å². The van der Waals surface area contributed by atoms with Gasteiger partial charge in [-0.05, 0) is 30.2 Å². The van der Waals surface area contributed by atoms with Gasteiger partial charge in [0, 0.05) is 5.75 Å². The minimum absolute atomic E-state index is 0.206. The lowest BCUT2D eigenvalue weighted by molar-refractivity contribution is 0.251. The number of aromatic nitrogens is 2. The van der Waals surface area contributed by atoms with E-state index in [9.17, 15) is 4.39 Å². The van der Waals surface area contributed by atoms with Gasteiger partial charge in [-0.15, -0.1) is 10.2 Å². The van der Waals surface area contributed by atoms with Gasteiger partial charge in [0.15, 0.2) is 6.61 Å². The van der Waals surface area contributed by atoms with Gasteiger partial charge in [-0.3, -0.25) is 0 Å². The van der Waals surface area contributed by atoms with Gasteiger partial charge in [-0.25, -0.2) is 4.39 Å². The quantitative estimate of drug-likeness (QED) is 0.627. The molecule has 1 heterocycles. The maximum absolute atomic E-state index is 13.5. The highest BCUT2D eigenvalue weighted by Gasteiger charge is 2.10. The van der Waals surface area contributed by atoms with Crippen LogP contribution >= 0.6 is 11.8 Å². The van der Waals surface area contributed by atoms with Gasteiger partial charge in [-0.2, -0.15) is 0 Å². The molecule has 0 bridgehead atoms. The Kier molecular flexibility index (Phi) is 4.92. The molecule has 3 rings (SSSR count). The van der Waals surface area contributed by atoms with Crippen molar-refractivity contribution in [3.8, 4) is 5.75 Å². The van der Waals surface area contributed by atoms with Gasteiger partial charge in [-0.1, -0.05) is 48.2 Å². The summed E-state index contributed by atoms with van der Waals surface area (Å²) in [6.07, 6.45) is 0. The van der Waals surface area contributed by atoms with Crippen molar-refractivity contribution in [2.45, 2.75) is 24.5 Å². The van der Waals surface area contributed by atoms with Crippen LogP contribution in [0.2, 0.25) is 0 Å². The fraction of sp³-hybridized carbons (Fsp3) is 0.176. The van der Waals surface area contributed by atoms with Crippen LogP contribution in [0.4, 0.5) is 4.39 Å². The molecule has 1 aromatic heterocycles. The lowest BCUT2D eigenvalue weighted by atomic mass is 10.2. The zero-order valence-electron chi connectivity index (χ0n) is 12.5. The molecular formula is C17H15FN2O2S. The molecule has 0 fully saturated rings. The van der Waals surface area contributed by atoms with E-state index in [1.54, 1.807) is 18.2 Å². The van der Waals surface area contributed by atoms with Crippen LogP contribution in [-0.4, -0.2) is 10.2 Å². The Labute approximate surface area is 137 Å². The molecule has 0 aliphatic carbocycles. The molecule has 0 atom stereocenters. The molecule has 0 radical (unpaired) electrons. The second-order valence-electron chi connectivity index (χ2n) is 4.90. The first-order valence-electron chi connectivity index (χ1n) is 7.09. The molecule has 3 aromatic rings. The molecule has 0 unspecified atom stereocenters. The first-order chi connectivity index (χ1) is 11.2. The van der Waals surface area contributed by atoms with Gasteiger partial charge in [0.25, 0.3) is 11.1 Å². The Morgan fingerprint density at radius 1 is 1.09 bits per heavy atom. The van der Waals surface area contributed by atoms with Crippen LogP contribution in [-0.2, 0) is 12.4 Å². The topological polar surface area (TPSA) is 48.2 Å². The molecule has 4 nitrogen and oxygen atoms in total. The van der Waals surface area contributed by atoms with E-state index in [-0.39, 0.29) is 12.4 Å². The molecule has 0 aliphatic heterocycles. The Balaban J connectivity index is 1.56. The minimum atomic E-state index is -0.234. The number of ether oxygens (including phenoxy) is 1. The summed E-state index contributed by atoms with van der Waals surface area (Å²) in [7, 11) is 0. The lowest BCUT2D eigenvalue weighted by Gasteiger charge is -2.05. The summed E-state index contributed by atoms with van der Waals surface area (Å²) in [6, 6.07) is 14.4. The molecule has 0 saturated carbocycles. The number of hydrogen-bond acceptors (Lipinski definition) is 5. The van der Waals surface area contributed by atoms with Crippen molar-refractivity contribution in [1.29, 1.82) is 0 Å². The number of aryl methyl sites for hydroxylation is 1. The van der Waals surface area contributed by atoms with Crippen LogP contribution in [0.3, 0.4) is 0 Å². The molecule has 0 spiro atoms. The zero-order valence-corrected chi connectivity index (χ0v) is 13.3. The van der Waals surface area contributed by atoms with Gasteiger partial charge >= 0.3 is 0 Å². The van der Waals surface area contributed by atoms with Crippen LogP contribution in [0.15, 0.2) is 58.2 Å². The molecule has 23 heavy (non-hydrogen) atoms. The number of thioether (sulfide) groups is 1. The molecule has 0 saturated heterocycles. The third-order valence-corrected chi connectivity index (χ3v) is 4.07. The van der Waals surface area contributed by atoms with Crippen LogP contribution in [0.25, 0.3) is 0 Å². The Bertz CT molecular complexity index is 728. The Morgan fingerprint density at radius 3 is 2.70 bits per heavy atom. The Hall–Kier alpha value is -2.34. The van der Waals surface area contributed by atoms with E-state index in [0.29, 0.717) is 22.4 Å². The molecule has 118 valence electrons. The standard InChI is InChI=1S/C17H15FN2O2S/c1-12-6-2-5-9-15(12)21-10-16-19-20-17(22-16)23-11-13-7-3-4-8-14(13)18/h2-9H,10-11H2,1H3.